The smallest absolute Gasteiger partial charge is 0.344 e. The van der Waals surface area contributed by atoms with Crippen LogP contribution in [0.5, 0.6) is 0 Å². The summed E-state index contributed by atoms with van der Waals surface area (Å²) >= 11 is 0. The molecule has 3 unspecified atom stereocenters. The van der Waals surface area contributed by atoms with E-state index in [-0.39, 0.29) is 12.4 Å². The highest BCUT2D eigenvalue weighted by Crippen LogP contribution is 2.53. The molecule has 184 valence electrons. The van der Waals surface area contributed by atoms with Crippen LogP contribution in [0.1, 0.15) is 58.8 Å². The van der Waals surface area contributed by atoms with E-state index in [0.717, 1.165) is 37.5 Å². The number of carbonyl (C=O) groups is 2. The van der Waals surface area contributed by atoms with E-state index in [1.54, 1.807) is 7.11 Å². The molecule has 0 spiro atoms. The van der Waals surface area contributed by atoms with Gasteiger partial charge in [0, 0.05) is 34.2 Å². The van der Waals surface area contributed by atoms with Gasteiger partial charge in [0.25, 0.3) is 0 Å². The Kier molecular flexibility index (Phi) is 13.2. The largest absolute Gasteiger partial charge is 0.468 e. The fourth-order valence-corrected chi connectivity index (χ4v) is 5.34. The highest BCUT2D eigenvalue weighted by molar-refractivity contribution is 7.55. The van der Waals surface area contributed by atoms with Gasteiger partial charge in [0.05, 0.1) is 13.2 Å². The maximum Gasteiger partial charge on any atom is 0.344 e. The summed E-state index contributed by atoms with van der Waals surface area (Å²) in [6.45, 7) is 4.06. The molecule has 0 aromatic rings. The zero-order valence-corrected chi connectivity index (χ0v) is 21.1. The van der Waals surface area contributed by atoms with Gasteiger partial charge >= 0.3 is 13.6 Å². The molecule has 1 aliphatic rings. The molecule has 32 heavy (non-hydrogen) atoms. The van der Waals surface area contributed by atoms with Crippen molar-refractivity contribution in [2.45, 2.75) is 76.8 Å². The van der Waals surface area contributed by atoms with Crippen molar-refractivity contribution in [2.75, 3.05) is 28.4 Å². The van der Waals surface area contributed by atoms with Crippen LogP contribution in [0.3, 0.4) is 0 Å². The Morgan fingerprint density at radius 1 is 1.09 bits per heavy atom. The van der Waals surface area contributed by atoms with Gasteiger partial charge in [-0.2, -0.15) is 0 Å². The zero-order valence-electron chi connectivity index (χ0n) is 20.2. The van der Waals surface area contributed by atoms with Crippen molar-refractivity contribution >= 4 is 19.9 Å². The molecule has 1 heterocycles. The third kappa shape index (κ3) is 8.91. The molecule has 0 radical (unpaired) electrons. The molecule has 4 atom stereocenters. The van der Waals surface area contributed by atoms with Gasteiger partial charge in [-0.15, -0.1) is 0 Å². The van der Waals surface area contributed by atoms with E-state index in [4.69, 9.17) is 23.3 Å². The first-order chi connectivity index (χ1) is 15.2. The van der Waals surface area contributed by atoms with Crippen LogP contribution < -0.4 is 0 Å². The number of hydrogen-bond acceptors (Lipinski definition) is 8. The SMILES string of the molecule is COC(=O)C(CC/C=C(\C)CCC1CC(OC)O[C@@H]1/C=C(\C)CCC=O)P(=O)(OC)OC. The molecule has 1 rings (SSSR count). The molecule has 0 aliphatic carbocycles. The van der Waals surface area contributed by atoms with E-state index >= 15 is 0 Å². The molecular formula is C23H39O8P. The van der Waals surface area contributed by atoms with E-state index in [1.165, 1.54) is 26.9 Å². The van der Waals surface area contributed by atoms with Crippen molar-refractivity contribution in [3.05, 3.63) is 23.3 Å². The highest BCUT2D eigenvalue weighted by atomic mass is 31.2. The number of carbonyl (C=O) groups excluding carboxylic acids is 2. The predicted octanol–water partition coefficient (Wildman–Crippen LogP) is 4.82. The maximum atomic E-state index is 12.7. The molecule has 1 saturated heterocycles. The molecular weight excluding hydrogens is 435 g/mol. The Bertz CT molecular complexity index is 694. The number of aldehydes is 1. The molecule has 0 aromatic carbocycles. The van der Waals surface area contributed by atoms with Gasteiger partial charge in [-0.25, -0.2) is 0 Å². The number of methoxy groups -OCH3 is 2. The first kappa shape index (κ1) is 28.7. The van der Waals surface area contributed by atoms with Crippen LogP contribution in [0.4, 0.5) is 0 Å². The lowest BCUT2D eigenvalue weighted by Crippen LogP contribution is -2.24. The first-order valence-electron chi connectivity index (χ1n) is 11.0. The third-order valence-electron chi connectivity index (χ3n) is 5.84. The van der Waals surface area contributed by atoms with Crippen molar-refractivity contribution in [3.63, 3.8) is 0 Å². The van der Waals surface area contributed by atoms with Crippen LogP contribution in [0.2, 0.25) is 0 Å². The Hall–Kier alpha value is -1.31. The lowest BCUT2D eigenvalue weighted by molar-refractivity contribution is -0.140. The van der Waals surface area contributed by atoms with Gasteiger partial charge in [0.15, 0.2) is 11.9 Å². The zero-order chi connectivity index (χ0) is 24.1. The monoisotopic (exact) mass is 474 g/mol. The summed E-state index contributed by atoms with van der Waals surface area (Å²) in [7, 11) is 1.88. The van der Waals surface area contributed by atoms with E-state index in [2.05, 4.69) is 12.2 Å². The molecule has 8 nitrogen and oxygen atoms in total. The van der Waals surface area contributed by atoms with Crippen LogP contribution in [-0.2, 0) is 37.4 Å². The van der Waals surface area contributed by atoms with Gasteiger partial charge in [0.2, 0.25) is 0 Å². The second kappa shape index (κ2) is 14.8. The lowest BCUT2D eigenvalue weighted by atomic mass is 9.91. The summed E-state index contributed by atoms with van der Waals surface area (Å²) < 4.78 is 38.8. The number of hydrogen-bond donors (Lipinski definition) is 0. The van der Waals surface area contributed by atoms with Crippen molar-refractivity contribution in [3.8, 4) is 0 Å². The second-order valence-electron chi connectivity index (χ2n) is 8.09. The summed E-state index contributed by atoms with van der Waals surface area (Å²) in [6, 6.07) is 0. The normalized spacial score (nSPS) is 23.2. The molecule has 9 heteroatoms. The first-order valence-corrected chi connectivity index (χ1v) is 12.6. The lowest BCUT2D eigenvalue weighted by Gasteiger charge is -2.21. The van der Waals surface area contributed by atoms with Crippen LogP contribution in [0.25, 0.3) is 0 Å². The number of allylic oxidation sites excluding steroid dienone is 3. The van der Waals surface area contributed by atoms with E-state index in [1.807, 2.05) is 13.8 Å². The van der Waals surface area contributed by atoms with E-state index < -0.39 is 19.2 Å². The molecule has 0 N–H and O–H groups in total. The summed E-state index contributed by atoms with van der Waals surface area (Å²) in [5.41, 5.74) is 1.37. The Morgan fingerprint density at radius 3 is 2.34 bits per heavy atom. The standard InChI is InChI=1S/C23H39O8P/c1-17(9-7-11-21(23(25)28-4)32(26,29-5)30-6)12-13-19-16-22(27-3)31-20(19)15-18(2)10-8-14-24/h9,14-15,19-22H,7-8,10-13,16H2,1-6H3/b17-9+,18-15+/t19?,20-,21?,22?/m1/s1. The van der Waals surface area contributed by atoms with Crippen molar-refractivity contribution in [1.29, 1.82) is 0 Å². The number of ether oxygens (including phenoxy) is 3. The van der Waals surface area contributed by atoms with E-state index in [9.17, 15) is 14.2 Å². The summed E-state index contributed by atoms with van der Waals surface area (Å²) in [6.07, 6.45) is 9.58. The van der Waals surface area contributed by atoms with Crippen LogP contribution in [-0.4, -0.2) is 58.7 Å². The fourth-order valence-electron chi connectivity index (χ4n) is 3.86. The number of esters is 1. The number of rotatable bonds is 15. The minimum Gasteiger partial charge on any atom is -0.468 e. The van der Waals surface area contributed by atoms with Gasteiger partial charge in [-0.1, -0.05) is 23.3 Å². The molecule has 0 bridgehead atoms. The summed E-state index contributed by atoms with van der Waals surface area (Å²) in [5.74, 6) is -0.282. The summed E-state index contributed by atoms with van der Waals surface area (Å²) in [4.78, 5) is 22.7. The highest BCUT2D eigenvalue weighted by Gasteiger charge is 2.40. The average molecular weight is 475 g/mol. The van der Waals surface area contributed by atoms with Crippen molar-refractivity contribution < 1.29 is 37.4 Å². The van der Waals surface area contributed by atoms with Crippen LogP contribution in [0.15, 0.2) is 23.3 Å². The van der Waals surface area contributed by atoms with Gasteiger partial charge in [0.1, 0.15) is 6.29 Å². The van der Waals surface area contributed by atoms with Crippen LogP contribution >= 0.6 is 7.60 Å². The molecule has 0 amide bonds. The molecule has 1 fully saturated rings. The maximum absolute atomic E-state index is 12.7. The van der Waals surface area contributed by atoms with Gasteiger partial charge in [-0.05, 0) is 51.9 Å². The van der Waals surface area contributed by atoms with Crippen LogP contribution in [0, 0.1) is 5.92 Å². The predicted molar refractivity (Wildman–Crippen MR) is 122 cm³/mol. The minimum absolute atomic E-state index is 0.0302. The summed E-state index contributed by atoms with van der Waals surface area (Å²) in [5, 5.41) is 0. The molecule has 1 aliphatic heterocycles. The third-order valence-corrected chi connectivity index (χ3v) is 8.09. The van der Waals surface area contributed by atoms with Gasteiger partial charge in [-0.3, -0.25) is 9.36 Å². The van der Waals surface area contributed by atoms with Crippen molar-refractivity contribution in [1.82, 2.24) is 0 Å². The Morgan fingerprint density at radius 2 is 1.78 bits per heavy atom. The van der Waals surface area contributed by atoms with Crippen molar-refractivity contribution in [2.24, 2.45) is 5.92 Å². The minimum atomic E-state index is -3.56. The quantitative estimate of drug-likeness (QED) is 0.144. The molecule has 0 saturated carbocycles. The second-order valence-corrected chi connectivity index (χ2v) is 10.5. The molecule has 0 aromatic heterocycles. The van der Waals surface area contributed by atoms with E-state index in [0.29, 0.717) is 25.2 Å². The van der Waals surface area contributed by atoms with Gasteiger partial charge < -0.3 is 28.1 Å². The Labute approximate surface area is 192 Å². The Balaban J connectivity index is 2.69. The topological polar surface area (TPSA) is 97.4 Å². The average Bonchev–Trinajstić information content (AvgIpc) is 3.19. The fraction of sp³-hybridized carbons (Fsp3) is 0.739.